The first-order valence-electron chi connectivity index (χ1n) is 5.64. The number of pyridine rings is 1. The molecular formula is C11H13F3N4O. The number of aromatic nitrogens is 3. The molecule has 2 rings (SSSR count). The monoisotopic (exact) mass is 274 g/mol. The van der Waals surface area contributed by atoms with Crippen LogP contribution in [0.2, 0.25) is 0 Å². The Morgan fingerprint density at radius 2 is 2.05 bits per heavy atom. The molecule has 0 aliphatic carbocycles. The molecule has 0 aromatic carbocycles. The van der Waals surface area contributed by atoms with E-state index >= 15 is 0 Å². The molecule has 5 nitrogen and oxygen atoms in total. The number of ether oxygens (including phenoxy) is 1. The van der Waals surface area contributed by atoms with Crippen LogP contribution in [0.1, 0.15) is 12.8 Å². The van der Waals surface area contributed by atoms with E-state index in [0.717, 1.165) is 0 Å². The highest BCUT2D eigenvalue weighted by atomic mass is 19.4. The van der Waals surface area contributed by atoms with Gasteiger partial charge in [0.05, 0.1) is 7.11 Å². The maximum atomic E-state index is 12.1. The number of fused-ring (bicyclic) bond motifs is 1. The molecule has 0 unspecified atom stereocenters. The van der Waals surface area contributed by atoms with E-state index in [-0.39, 0.29) is 18.9 Å². The summed E-state index contributed by atoms with van der Waals surface area (Å²) in [6.45, 7) is 0.113. The lowest BCUT2D eigenvalue weighted by Gasteiger charge is -2.08. The topological polar surface area (TPSA) is 66.0 Å². The number of nitrogen functional groups attached to an aromatic ring is 1. The summed E-state index contributed by atoms with van der Waals surface area (Å²) in [4.78, 5) is 8.19. The van der Waals surface area contributed by atoms with Crippen molar-refractivity contribution in [2.75, 3.05) is 12.8 Å². The molecule has 104 valence electrons. The fraction of sp³-hybridized carbons (Fsp3) is 0.455. The Morgan fingerprint density at radius 3 is 2.68 bits per heavy atom. The maximum Gasteiger partial charge on any atom is 0.389 e. The van der Waals surface area contributed by atoms with Gasteiger partial charge in [0.25, 0.3) is 0 Å². The van der Waals surface area contributed by atoms with Crippen molar-refractivity contribution in [3.05, 3.63) is 12.1 Å². The lowest BCUT2D eigenvalue weighted by molar-refractivity contribution is -0.135. The van der Waals surface area contributed by atoms with E-state index in [1.54, 1.807) is 12.1 Å². The lowest BCUT2D eigenvalue weighted by Crippen LogP contribution is -2.11. The van der Waals surface area contributed by atoms with Gasteiger partial charge >= 0.3 is 6.18 Å². The molecule has 2 heterocycles. The molecule has 0 saturated carbocycles. The van der Waals surface area contributed by atoms with Crippen molar-refractivity contribution in [3.8, 4) is 5.88 Å². The predicted octanol–water partition coefficient (Wildman–Crippen LogP) is 2.36. The van der Waals surface area contributed by atoms with Gasteiger partial charge in [-0.3, -0.25) is 4.57 Å². The van der Waals surface area contributed by atoms with Crippen LogP contribution in [0.5, 0.6) is 5.88 Å². The van der Waals surface area contributed by atoms with E-state index < -0.39 is 12.6 Å². The standard InChI is InChI=1S/C11H13F3N4O/c1-19-8-4-3-7-9(17-8)18(10(15)16-7)6-2-5-11(12,13)14/h3-4H,2,5-6H2,1H3,(H2,15,16). The van der Waals surface area contributed by atoms with Crippen LogP contribution in [0.25, 0.3) is 11.2 Å². The molecule has 0 amide bonds. The van der Waals surface area contributed by atoms with Crippen LogP contribution >= 0.6 is 0 Å². The van der Waals surface area contributed by atoms with Gasteiger partial charge in [-0.15, -0.1) is 0 Å². The van der Waals surface area contributed by atoms with Gasteiger partial charge in [-0.25, -0.2) is 4.98 Å². The van der Waals surface area contributed by atoms with E-state index in [1.807, 2.05) is 0 Å². The van der Waals surface area contributed by atoms with Crippen molar-refractivity contribution in [1.82, 2.24) is 14.5 Å². The summed E-state index contributed by atoms with van der Waals surface area (Å²) >= 11 is 0. The first-order valence-corrected chi connectivity index (χ1v) is 5.64. The summed E-state index contributed by atoms with van der Waals surface area (Å²) in [5, 5.41) is 0. The molecule has 8 heteroatoms. The minimum atomic E-state index is -4.17. The second-order valence-electron chi connectivity index (χ2n) is 4.04. The van der Waals surface area contributed by atoms with E-state index in [4.69, 9.17) is 10.5 Å². The smallest absolute Gasteiger partial charge is 0.389 e. The van der Waals surface area contributed by atoms with Gasteiger partial charge in [0.15, 0.2) is 5.65 Å². The zero-order chi connectivity index (χ0) is 14.0. The minimum Gasteiger partial charge on any atom is -0.481 e. The number of anilines is 1. The summed E-state index contributed by atoms with van der Waals surface area (Å²) in [6.07, 6.45) is -5.11. The average Bonchev–Trinajstić information content (AvgIpc) is 2.63. The fourth-order valence-electron chi connectivity index (χ4n) is 1.77. The average molecular weight is 274 g/mol. The predicted molar refractivity (Wildman–Crippen MR) is 63.8 cm³/mol. The highest BCUT2D eigenvalue weighted by molar-refractivity contribution is 5.74. The molecule has 0 aliphatic rings. The van der Waals surface area contributed by atoms with Gasteiger partial charge in [-0.2, -0.15) is 18.2 Å². The maximum absolute atomic E-state index is 12.1. The highest BCUT2D eigenvalue weighted by Gasteiger charge is 2.26. The molecule has 2 N–H and O–H groups in total. The third-order valence-corrected chi connectivity index (χ3v) is 2.65. The zero-order valence-corrected chi connectivity index (χ0v) is 10.2. The Kier molecular flexibility index (Phi) is 3.50. The Hall–Kier alpha value is -1.99. The third kappa shape index (κ3) is 3.07. The largest absolute Gasteiger partial charge is 0.481 e. The second-order valence-corrected chi connectivity index (χ2v) is 4.04. The highest BCUT2D eigenvalue weighted by Crippen LogP contribution is 2.24. The van der Waals surface area contributed by atoms with Gasteiger partial charge in [0.2, 0.25) is 11.8 Å². The van der Waals surface area contributed by atoms with Gasteiger partial charge in [0, 0.05) is 19.0 Å². The molecule has 0 aliphatic heterocycles. The number of imidazole rings is 1. The van der Waals surface area contributed by atoms with Gasteiger partial charge < -0.3 is 10.5 Å². The van der Waals surface area contributed by atoms with Crippen molar-refractivity contribution >= 4 is 17.1 Å². The number of halogens is 3. The van der Waals surface area contributed by atoms with Gasteiger partial charge in [0.1, 0.15) is 5.52 Å². The summed E-state index contributed by atoms with van der Waals surface area (Å²) in [5.74, 6) is 0.516. The molecule has 2 aromatic rings. The third-order valence-electron chi connectivity index (χ3n) is 2.65. The minimum absolute atomic E-state index is 0.0714. The first-order chi connectivity index (χ1) is 8.90. The molecular weight excluding hydrogens is 261 g/mol. The molecule has 0 spiro atoms. The number of methoxy groups -OCH3 is 1. The van der Waals surface area contributed by atoms with E-state index in [1.165, 1.54) is 11.7 Å². The van der Waals surface area contributed by atoms with Crippen molar-refractivity contribution in [2.24, 2.45) is 0 Å². The number of aryl methyl sites for hydroxylation is 1. The Labute approximate surface area is 107 Å². The molecule has 2 aromatic heterocycles. The van der Waals surface area contributed by atoms with Crippen LogP contribution < -0.4 is 10.5 Å². The number of hydrogen-bond donors (Lipinski definition) is 1. The van der Waals surface area contributed by atoms with Crippen molar-refractivity contribution in [2.45, 2.75) is 25.6 Å². The molecule has 0 saturated heterocycles. The molecule has 0 radical (unpaired) electrons. The molecule has 0 fully saturated rings. The zero-order valence-electron chi connectivity index (χ0n) is 10.2. The van der Waals surface area contributed by atoms with Crippen molar-refractivity contribution in [1.29, 1.82) is 0 Å². The van der Waals surface area contributed by atoms with Crippen LogP contribution in [0.15, 0.2) is 12.1 Å². The number of nitrogens with zero attached hydrogens (tertiary/aromatic N) is 3. The number of hydrogen-bond acceptors (Lipinski definition) is 4. The van der Waals surface area contributed by atoms with Crippen molar-refractivity contribution in [3.63, 3.8) is 0 Å². The SMILES string of the molecule is COc1ccc2nc(N)n(CCCC(F)(F)F)c2n1. The lowest BCUT2D eigenvalue weighted by atomic mass is 10.3. The van der Waals surface area contributed by atoms with Crippen LogP contribution in [0.3, 0.4) is 0 Å². The molecule has 0 atom stereocenters. The van der Waals surface area contributed by atoms with Gasteiger partial charge in [-0.1, -0.05) is 0 Å². The number of rotatable bonds is 4. The van der Waals surface area contributed by atoms with Crippen LogP contribution in [-0.4, -0.2) is 27.8 Å². The van der Waals surface area contributed by atoms with E-state index in [9.17, 15) is 13.2 Å². The summed E-state index contributed by atoms with van der Waals surface area (Å²) < 4.78 is 42.8. The van der Waals surface area contributed by atoms with Crippen LogP contribution in [0.4, 0.5) is 19.1 Å². The summed E-state index contributed by atoms with van der Waals surface area (Å²) in [6, 6.07) is 3.28. The Balaban J connectivity index is 2.23. The Morgan fingerprint density at radius 1 is 1.32 bits per heavy atom. The normalized spacial score (nSPS) is 12.0. The summed E-state index contributed by atoms with van der Waals surface area (Å²) in [5.41, 5.74) is 6.65. The fourth-order valence-corrected chi connectivity index (χ4v) is 1.77. The van der Waals surface area contributed by atoms with Crippen molar-refractivity contribution < 1.29 is 17.9 Å². The first kappa shape index (κ1) is 13.4. The van der Waals surface area contributed by atoms with Gasteiger partial charge in [-0.05, 0) is 12.5 Å². The van der Waals surface area contributed by atoms with Crippen LogP contribution in [-0.2, 0) is 6.54 Å². The summed E-state index contributed by atoms with van der Waals surface area (Å²) in [7, 11) is 1.46. The number of alkyl halides is 3. The number of nitrogens with two attached hydrogens (primary N) is 1. The second kappa shape index (κ2) is 4.94. The Bertz CT molecular complexity index is 579. The molecule has 19 heavy (non-hydrogen) atoms. The van der Waals surface area contributed by atoms with E-state index in [0.29, 0.717) is 17.0 Å². The van der Waals surface area contributed by atoms with Crippen LogP contribution in [0, 0.1) is 0 Å². The molecule has 0 bridgehead atoms. The van der Waals surface area contributed by atoms with E-state index in [2.05, 4.69) is 9.97 Å². The quantitative estimate of drug-likeness (QED) is 0.929.